The van der Waals surface area contributed by atoms with Gasteiger partial charge >= 0.3 is 6.03 Å². The second-order valence-corrected chi connectivity index (χ2v) is 7.58. The third-order valence-electron chi connectivity index (χ3n) is 4.62. The highest BCUT2D eigenvalue weighted by atomic mass is 127. The molecule has 1 saturated heterocycles. The molecule has 0 radical (unpaired) electrons. The lowest BCUT2D eigenvalue weighted by atomic mass is 9.98. The van der Waals surface area contributed by atoms with Gasteiger partial charge < -0.3 is 10.6 Å². The molecule has 1 spiro atoms. The largest absolute Gasteiger partial charge is 0.326 e. The summed E-state index contributed by atoms with van der Waals surface area (Å²) in [5.74, 6) is -0.234. The number of imide groups is 1. The van der Waals surface area contributed by atoms with E-state index in [9.17, 15) is 14.4 Å². The Hall–Kier alpha value is -1.64. The topological polar surface area (TPSA) is 78.5 Å². The van der Waals surface area contributed by atoms with Gasteiger partial charge in [0.25, 0.3) is 5.91 Å². The van der Waals surface area contributed by atoms with Gasteiger partial charge in [0.1, 0.15) is 5.54 Å². The molecule has 1 aromatic carbocycles. The summed E-state index contributed by atoms with van der Waals surface area (Å²) >= 11 is 2.20. The van der Waals surface area contributed by atoms with E-state index in [0.29, 0.717) is 6.42 Å². The minimum atomic E-state index is -0.666. The van der Waals surface area contributed by atoms with Crippen LogP contribution in [0.4, 0.5) is 10.5 Å². The molecule has 0 atom stereocenters. The Morgan fingerprint density at radius 2 is 1.88 bits per heavy atom. The molecular formula is C17H20IN3O3. The first-order valence-electron chi connectivity index (χ1n) is 8.20. The number of hydrogen-bond acceptors (Lipinski definition) is 3. The number of nitrogens with zero attached hydrogens (tertiary/aromatic N) is 1. The van der Waals surface area contributed by atoms with Crippen molar-refractivity contribution in [3.05, 3.63) is 27.8 Å². The van der Waals surface area contributed by atoms with Gasteiger partial charge in [-0.2, -0.15) is 0 Å². The standard InChI is InChI=1S/C17H20IN3O3/c18-12-5-7-13(8-6-12)19-14(22)4-3-11-21-15(23)17(20-16(21)24)9-1-2-10-17/h5-8H,1-4,9-11H2,(H,19,22)(H,20,24). The maximum absolute atomic E-state index is 12.5. The Morgan fingerprint density at radius 1 is 1.21 bits per heavy atom. The minimum absolute atomic E-state index is 0.112. The lowest BCUT2D eigenvalue weighted by Gasteiger charge is -2.19. The summed E-state index contributed by atoms with van der Waals surface area (Å²) in [6.45, 7) is 0.284. The molecule has 1 aromatic rings. The predicted octanol–water partition coefficient (Wildman–Crippen LogP) is 2.87. The summed E-state index contributed by atoms with van der Waals surface area (Å²) in [7, 11) is 0. The van der Waals surface area contributed by atoms with E-state index in [1.54, 1.807) is 0 Å². The van der Waals surface area contributed by atoms with Crippen LogP contribution in [0.5, 0.6) is 0 Å². The van der Waals surface area contributed by atoms with E-state index in [1.807, 2.05) is 24.3 Å². The number of amides is 4. The zero-order valence-corrected chi connectivity index (χ0v) is 15.5. The minimum Gasteiger partial charge on any atom is -0.326 e. The third kappa shape index (κ3) is 3.55. The van der Waals surface area contributed by atoms with Gasteiger partial charge in [-0.05, 0) is 66.1 Å². The first-order chi connectivity index (χ1) is 11.5. The molecule has 4 amide bonds. The fourth-order valence-electron chi connectivity index (χ4n) is 3.35. The van der Waals surface area contributed by atoms with Crippen molar-refractivity contribution >= 4 is 46.1 Å². The van der Waals surface area contributed by atoms with Crippen LogP contribution in [0.25, 0.3) is 0 Å². The average molecular weight is 441 g/mol. The molecule has 1 saturated carbocycles. The number of carbonyl (C=O) groups excluding carboxylic acids is 3. The highest BCUT2D eigenvalue weighted by molar-refractivity contribution is 14.1. The number of urea groups is 1. The molecule has 1 aliphatic carbocycles. The van der Waals surface area contributed by atoms with Crippen LogP contribution < -0.4 is 10.6 Å². The zero-order valence-electron chi connectivity index (χ0n) is 13.3. The van der Waals surface area contributed by atoms with Crippen molar-refractivity contribution in [3.63, 3.8) is 0 Å². The Labute approximate surface area is 154 Å². The average Bonchev–Trinajstić information content (AvgIpc) is 3.10. The molecule has 24 heavy (non-hydrogen) atoms. The molecule has 3 rings (SSSR count). The molecule has 2 fully saturated rings. The van der Waals surface area contributed by atoms with Crippen LogP contribution in [0, 0.1) is 3.57 Å². The smallest absolute Gasteiger partial charge is 0.325 e. The molecular weight excluding hydrogens is 421 g/mol. The van der Waals surface area contributed by atoms with Gasteiger partial charge in [-0.1, -0.05) is 12.8 Å². The molecule has 1 aliphatic heterocycles. The number of nitrogens with one attached hydrogen (secondary N) is 2. The Bertz CT molecular complexity index is 654. The SMILES string of the molecule is O=C(CCCN1C(=O)NC2(CCCC2)C1=O)Nc1ccc(I)cc1. The Balaban J connectivity index is 1.47. The van der Waals surface area contributed by atoms with E-state index >= 15 is 0 Å². The number of anilines is 1. The van der Waals surface area contributed by atoms with Crippen molar-refractivity contribution < 1.29 is 14.4 Å². The van der Waals surface area contributed by atoms with Gasteiger partial charge in [-0.15, -0.1) is 0 Å². The normalized spacial score (nSPS) is 19.0. The van der Waals surface area contributed by atoms with Gasteiger partial charge in [-0.25, -0.2) is 4.79 Å². The first kappa shape index (κ1) is 17.2. The highest BCUT2D eigenvalue weighted by Gasteiger charge is 2.51. The molecule has 0 aromatic heterocycles. The number of rotatable bonds is 5. The van der Waals surface area contributed by atoms with Crippen molar-refractivity contribution in [2.45, 2.75) is 44.1 Å². The Morgan fingerprint density at radius 3 is 2.54 bits per heavy atom. The van der Waals surface area contributed by atoms with Gasteiger partial charge in [0.2, 0.25) is 5.91 Å². The molecule has 2 aliphatic rings. The first-order valence-corrected chi connectivity index (χ1v) is 9.28. The van der Waals surface area contributed by atoms with Gasteiger partial charge in [0.15, 0.2) is 0 Å². The van der Waals surface area contributed by atoms with Crippen LogP contribution in [0.1, 0.15) is 38.5 Å². The molecule has 0 bridgehead atoms. The van der Waals surface area contributed by atoms with Crippen molar-refractivity contribution in [2.24, 2.45) is 0 Å². The highest BCUT2D eigenvalue weighted by Crippen LogP contribution is 2.35. The van der Waals surface area contributed by atoms with E-state index in [1.165, 1.54) is 4.90 Å². The summed E-state index contributed by atoms with van der Waals surface area (Å²) in [6.07, 6.45) is 4.13. The van der Waals surface area contributed by atoms with Crippen LogP contribution in [0.3, 0.4) is 0 Å². The van der Waals surface area contributed by atoms with E-state index in [-0.39, 0.29) is 30.8 Å². The third-order valence-corrected chi connectivity index (χ3v) is 5.34. The van der Waals surface area contributed by atoms with Gasteiger partial charge in [0.05, 0.1) is 0 Å². The second-order valence-electron chi connectivity index (χ2n) is 6.33. The maximum Gasteiger partial charge on any atom is 0.325 e. The fourth-order valence-corrected chi connectivity index (χ4v) is 3.71. The summed E-state index contributed by atoms with van der Waals surface area (Å²) in [5, 5.41) is 5.67. The Kier molecular flexibility index (Phi) is 5.07. The number of carbonyl (C=O) groups is 3. The molecule has 7 heteroatoms. The van der Waals surface area contributed by atoms with Crippen LogP contribution in [-0.2, 0) is 9.59 Å². The summed E-state index contributed by atoms with van der Waals surface area (Å²) in [6, 6.07) is 7.22. The number of hydrogen-bond donors (Lipinski definition) is 2. The van der Waals surface area contributed by atoms with Gasteiger partial charge in [0, 0.05) is 22.2 Å². The van der Waals surface area contributed by atoms with Crippen molar-refractivity contribution in [3.8, 4) is 0 Å². The lowest BCUT2D eigenvalue weighted by Crippen LogP contribution is -2.44. The van der Waals surface area contributed by atoms with Crippen molar-refractivity contribution in [2.75, 3.05) is 11.9 Å². The van der Waals surface area contributed by atoms with Crippen molar-refractivity contribution in [1.82, 2.24) is 10.2 Å². The zero-order chi connectivity index (χ0) is 17.2. The lowest BCUT2D eigenvalue weighted by molar-refractivity contribution is -0.131. The van der Waals surface area contributed by atoms with E-state index in [0.717, 1.165) is 34.9 Å². The second kappa shape index (κ2) is 7.08. The van der Waals surface area contributed by atoms with E-state index in [2.05, 4.69) is 33.2 Å². The fraction of sp³-hybridized carbons (Fsp3) is 0.471. The monoisotopic (exact) mass is 441 g/mol. The van der Waals surface area contributed by atoms with Crippen molar-refractivity contribution in [1.29, 1.82) is 0 Å². The molecule has 2 N–H and O–H groups in total. The summed E-state index contributed by atoms with van der Waals surface area (Å²) < 4.78 is 1.10. The number of halogens is 1. The van der Waals surface area contributed by atoms with E-state index < -0.39 is 5.54 Å². The molecule has 128 valence electrons. The predicted molar refractivity (Wildman–Crippen MR) is 98.5 cm³/mol. The quantitative estimate of drug-likeness (QED) is 0.545. The maximum atomic E-state index is 12.5. The summed E-state index contributed by atoms with van der Waals surface area (Å²) in [4.78, 5) is 37.8. The van der Waals surface area contributed by atoms with Crippen LogP contribution in [0.15, 0.2) is 24.3 Å². The van der Waals surface area contributed by atoms with Crippen LogP contribution in [0.2, 0.25) is 0 Å². The molecule has 0 unspecified atom stereocenters. The van der Waals surface area contributed by atoms with Gasteiger partial charge in [-0.3, -0.25) is 14.5 Å². The number of benzene rings is 1. The van der Waals surface area contributed by atoms with Crippen LogP contribution in [-0.4, -0.2) is 34.8 Å². The van der Waals surface area contributed by atoms with E-state index in [4.69, 9.17) is 0 Å². The molecule has 6 nitrogen and oxygen atoms in total. The molecule has 1 heterocycles. The summed E-state index contributed by atoms with van der Waals surface area (Å²) in [5.41, 5.74) is 0.0841. The van der Waals surface area contributed by atoms with Crippen LogP contribution >= 0.6 is 22.6 Å².